The number of rotatable bonds is 13. The molecule has 0 amide bonds. The lowest BCUT2D eigenvalue weighted by atomic mass is 10.1. The summed E-state index contributed by atoms with van der Waals surface area (Å²) in [6, 6.07) is 8.27. The lowest BCUT2D eigenvalue weighted by Gasteiger charge is -2.20. The molecule has 7 heterocycles. The number of nitrogens with two attached hydrogens (primary N) is 2. The second kappa shape index (κ2) is 19.3. The van der Waals surface area contributed by atoms with Crippen LogP contribution in [0.1, 0.15) is 55.9 Å². The molecule has 17 nitrogen and oxygen atoms in total. The summed E-state index contributed by atoms with van der Waals surface area (Å²) < 4.78 is 56.5. The van der Waals surface area contributed by atoms with Crippen molar-refractivity contribution in [2.75, 3.05) is 64.1 Å². The molecule has 3 aliphatic rings. The highest BCUT2D eigenvalue weighted by Gasteiger charge is 2.24. The maximum absolute atomic E-state index is 14.0. The fourth-order valence-corrected chi connectivity index (χ4v) is 8.86. The second-order valence-corrected chi connectivity index (χ2v) is 17.7. The number of imidazole rings is 2. The van der Waals surface area contributed by atoms with Crippen molar-refractivity contribution in [2.45, 2.75) is 65.1 Å². The van der Waals surface area contributed by atoms with Gasteiger partial charge in [0.15, 0.2) is 57.0 Å². The van der Waals surface area contributed by atoms with Crippen LogP contribution in [0.3, 0.4) is 0 Å². The van der Waals surface area contributed by atoms with E-state index >= 15 is 0 Å². The smallest absolute Gasteiger partial charge is 0.312 e. The molecule has 328 valence electrons. The van der Waals surface area contributed by atoms with E-state index in [0.717, 1.165) is 79.6 Å². The van der Waals surface area contributed by atoms with Gasteiger partial charge in [-0.25, -0.2) is 9.97 Å². The Labute approximate surface area is 383 Å². The van der Waals surface area contributed by atoms with Crippen LogP contribution in [0.25, 0.3) is 22.3 Å². The molecule has 6 aromatic rings. The Morgan fingerprint density at radius 1 is 0.694 bits per heavy atom. The Balaban J connectivity index is 0.000000171. The van der Waals surface area contributed by atoms with Crippen LogP contribution in [0.4, 0.5) is 20.4 Å². The predicted molar refractivity (Wildman–Crippen MR) is 244 cm³/mol. The van der Waals surface area contributed by atoms with Crippen LogP contribution in [-0.2, 0) is 30.7 Å². The maximum Gasteiger partial charge on any atom is 0.312 e. The van der Waals surface area contributed by atoms with Gasteiger partial charge in [-0.05, 0) is 100.0 Å². The number of anilines is 2. The SMILES string of the molecule is CC(C)NCCCn1c(Cc2cc3c(cc2I)OCCO3)nc2c(N)nc(F)nc21.Nc1nc(F)nc2c1nc(Cc1cc3c(cc1I)OCCO3)n2CCCN1CCC(=O)C1. The number of nitrogen functional groups attached to an aromatic ring is 2. The van der Waals surface area contributed by atoms with E-state index in [0.29, 0.717) is 99.4 Å². The summed E-state index contributed by atoms with van der Waals surface area (Å²) in [5.74, 6) is 4.74. The van der Waals surface area contributed by atoms with E-state index in [1.54, 1.807) is 0 Å². The largest absolute Gasteiger partial charge is 0.486 e. The van der Waals surface area contributed by atoms with E-state index in [-0.39, 0.29) is 17.4 Å². The minimum Gasteiger partial charge on any atom is -0.486 e. The number of aryl methyl sites for hydroxylation is 2. The van der Waals surface area contributed by atoms with Crippen molar-refractivity contribution >= 4 is 84.9 Å². The van der Waals surface area contributed by atoms with E-state index in [4.69, 9.17) is 30.4 Å². The van der Waals surface area contributed by atoms with Crippen LogP contribution in [-0.4, -0.2) is 108 Å². The lowest BCUT2D eigenvalue weighted by Crippen LogP contribution is -2.24. The number of hydrogen-bond donors (Lipinski definition) is 3. The van der Waals surface area contributed by atoms with Gasteiger partial charge in [0, 0.05) is 58.6 Å². The Morgan fingerprint density at radius 3 is 1.61 bits per heavy atom. The van der Waals surface area contributed by atoms with Gasteiger partial charge >= 0.3 is 12.2 Å². The number of fused-ring (bicyclic) bond motifs is 4. The quantitative estimate of drug-likeness (QED) is 0.0783. The van der Waals surface area contributed by atoms with Gasteiger partial charge in [-0.1, -0.05) is 13.8 Å². The second-order valence-electron chi connectivity index (χ2n) is 15.4. The standard InChI is InChI=1S/C21H22FIN6O3.C20H24FIN6O2/c22-21-26-19(24)18-20(27-21)29(4-1-3-28-5-2-13(30)11-28)17(25-18)9-12-8-15-16(10-14(12)23)32-7-6-31-15;1-11(2)24-4-3-5-28-16(25-17-18(23)26-20(21)27-19(17)28)9-12-8-14-15(10-13(12)22)30-7-6-29-14/h8,10H,1-7,9,11H2,(H2,24,26,27);8,10-11,24H,3-7,9H2,1-2H3,(H2,23,26,27). The fourth-order valence-electron chi connectivity index (χ4n) is 7.60. The van der Waals surface area contributed by atoms with E-state index in [2.05, 4.69) is 99.1 Å². The monoisotopic (exact) mass is 1080 g/mol. The molecular formula is C41H46F2I2N12O5. The minimum atomic E-state index is -0.873. The van der Waals surface area contributed by atoms with Crippen molar-refractivity contribution < 1.29 is 32.5 Å². The highest BCUT2D eigenvalue weighted by molar-refractivity contribution is 14.1. The van der Waals surface area contributed by atoms with Gasteiger partial charge in [-0.3, -0.25) is 9.69 Å². The van der Waals surface area contributed by atoms with Crippen LogP contribution < -0.4 is 35.7 Å². The topological polar surface area (TPSA) is 208 Å². The molecule has 5 N–H and O–H groups in total. The number of likely N-dealkylation sites (tertiary alicyclic amines) is 1. The van der Waals surface area contributed by atoms with Crippen LogP contribution in [0.5, 0.6) is 23.0 Å². The molecule has 1 saturated heterocycles. The molecule has 0 saturated carbocycles. The van der Waals surface area contributed by atoms with Crippen molar-refractivity contribution in [2.24, 2.45) is 0 Å². The predicted octanol–water partition coefficient (Wildman–Crippen LogP) is 5.08. The Hall–Kier alpha value is -4.75. The summed E-state index contributed by atoms with van der Waals surface area (Å²) >= 11 is 4.55. The van der Waals surface area contributed by atoms with Crippen molar-refractivity contribution in [3.05, 3.63) is 66.3 Å². The fraction of sp³-hybridized carbons (Fsp3) is 0.439. The highest BCUT2D eigenvalue weighted by atomic mass is 127. The number of benzene rings is 2. The third-order valence-electron chi connectivity index (χ3n) is 10.5. The van der Waals surface area contributed by atoms with Crippen LogP contribution >= 0.6 is 45.2 Å². The van der Waals surface area contributed by atoms with E-state index < -0.39 is 12.2 Å². The number of nitrogens with zero attached hydrogens (tertiary/aromatic N) is 9. The molecule has 0 atom stereocenters. The summed E-state index contributed by atoms with van der Waals surface area (Å²) in [5.41, 5.74) is 15.6. The lowest BCUT2D eigenvalue weighted by molar-refractivity contribution is -0.116. The van der Waals surface area contributed by atoms with Gasteiger partial charge < -0.3 is 44.9 Å². The molecule has 0 unspecified atom stereocenters. The molecule has 62 heavy (non-hydrogen) atoms. The molecule has 1 fully saturated rings. The number of Topliss-reactive ketones (excluding diaryl/α,β-unsaturated/α-hetero) is 1. The third kappa shape index (κ3) is 10.0. The van der Waals surface area contributed by atoms with Crippen LogP contribution in [0, 0.1) is 19.3 Å². The van der Waals surface area contributed by atoms with Gasteiger partial charge in [0.05, 0.1) is 6.54 Å². The molecule has 4 aromatic heterocycles. The number of carbonyl (C=O) groups is 1. The zero-order chi connectivity index (χ0) is 43.5. The molecule has 0 radical (unpaired) electrons. The number of carbonyl (C=O) groups excluding carboxylic acids is 1. The van der Waals surface area contributed by atoms with Crippen molar-refractivity contribution in [3.8, 4) is 23.0 Å². The molecule has 0 spiro atoms. The number of nitrogens with one attached hydrogen (secondary N) is 1. The summed E-state index contributed by atoms with van der Waals surface area (Å²) in [4.78, 5) is 38.2. The molecular weight excluding hydrogens is 1030 g/mol. The van der Waals surface area contributed by atoms with Gasteiger partial charge in [-0.2, -0.15) is 28.7 Å². The van der Waals surface area contributed by atoms with Crippen molar-refractivity contribution in [3.63, 3.8) is 0 Å². The zero-order valence-electron chi connectivity index (χ0n) is 34.2. The summed E-state index contributed by atoms with van der Waals surface area (Å²) in [5, 5.41) is 3.39. The van der Waals surface area contributed by atoms with E-state index in [1.165, 1.54) is 0 Å². The maximum atomic E-state index is 14.0. The average Bonchev–Trinajstić information content (AvgIpc) is 3.92. The zero-order valence-corrected chi connectivity index (χ0v) is 38.5. The molecule has 3 aliphatic heterocycles. The van der Waals surface area contributed by atoms with Crippen molar-refractivity contribution in [1.82, 2.24) is 49.3 Å². The van der Waals surface area contributed by atoms with Crippen molar-refractivity contribution in [1.29, 1.82) is 0 Å². The average molecular weight is 1080 g/mol. The number of halogens is 4. The Kier molecular flexibility index (Phi) is 13.7. The molecule has 0 aliphatic carbocycles. The minimum absolute atomic E-state index is 0.0227. The van der Waals surface area contributed by atoms with Gasteiger partial charge in [0.2, 0.25) is 0 Å². The third-order valence-corrected chi connectivity index (χ3v) is 12.5. The van der Waals surface area contributed by atoms with Crippen LogP contribution in [0.15, 0.2) is 24.3 Å². The highest BCUT2D eigenvalue weighted by Crippen LogP contribution is 2.36. The number of ketones is 1. The number of aromatic nitrogens is 8. The molecule has 9 rings (SSSR count). The van der Waals surface area contributed by atoms with Crippen LogP contribution in [0.2, 0.25) is 0 Å². The summed E-state index contributed by atoms with van der Waals surface area (Å²) in [6.07, 6.45) is 1.54. The molecule has 21 heteroatoms. The van der Waals surface area contributed by atoms with Gasteiger partial charge in [0.1, 0.15) is 43.9 Å². The normalized spacial score (nSPS) is 14.9. The van der Waals surface area contributed by atoms with Gasteiger partial charge in [0.25, 0.3) is 0 Å². The summed E-state index contributed by atoms with van der Waals surface area (Å²) in [7, 11) is 0. The first-order valence-corrected chi connectivity index (χ1v) is 22.6. The number of ether oxygens (including phenoxy) is 4. The number of hydrogen-bond acceptors (Lipinski definition) is 15. The Morgan fingerprint density at radius 2 is 1.16 bits per heavy atom. The van der Waals surface area contributed by atoms with E-state index in [1.807, 2.05) is 33.4 Å². The first kappa shape index (κ1) is 43.9. The first-order valence-electron chi connectivity index (χ1n) is 20.4. The van der Waals surface area contributed by atoms with E-state index in [9.17, 15) is 13.6 Å². The Bertz CT molecular complexity index is 2630. The first-order chi connectivity index (χ1) is 29.9. The van der Waals surface area contributed by atoms with Gasteiger partial charge in [-0.15, -0.1) is 0 Å². The molecule has 0 bridgehead atoms. The molecule has 2 aromatic carbocycles. The summed E-state index contributed by atoms with van der Waals surface area (Å²) in [6.45, 7) is 10.4.